The van der Waals surface area contributed by atoms with Crippen molar-refractivity contribution in [2.75, 3.05) is 6.61 Å². The first-order valence-electron chi connectivity index (χ1n) is 6.36. The molecule has 0 bridgehead atoms. The summed E-state index contributed by atoms with van der Waals surface area (Å²) >= 11 is 0. The van der Waals surface area contributed by atoms with E-state index in [1.807, 2.05) is 6.21 Å². The van der Waals surface area contributed by atoms with Crippen LogP contribution in [0, 0.1) is 5.92 Å². The SMILES string of the molecule is C=CC(=O)OC(C1=CN=CC1)C1CCOC(C)C1. The number of carbonyl (C=O) groups is 1. The van der Waals surface area contributed by atoms with Gasteiger partial charge in [-0.1, -0.05) is 6.58 Å². The van der Waals surface area contributed by atoms with Crippen LogP contribution in [0.25, 0.3) is 0 Å². The van der Waals surface area contributed by atoms with Gasteiger partial charge in [-0.25, -0.2) is 4.79 Å². The van der Waals surface area contributed by atoms with Crippen molar-refractivity contribution in [3.8, 4) is 0 Å². The molecule has 18 heavy (non-hydrogen) atoms. The molecule has 2 aliphatic rings. The molecule has 3 unspecified atom stereocenters. The maximum Gasteiger partial charge on any atom is 0.330 e. The van der Waals surface area contributed by atoms with E-state index in [0.29, 0.717) is 5.92 Å². The number of hydrogen-bond donors (Lipinski definition) is 0. The van der Waals surface area contributed by atoms with Crippen LogP contribution in [0.5, 0.6) is 0 Å². The maximum atomic E-state index is 11.5. The van der Waals surface area contributed by atoms with E-state index in [0.717, 1.165) is 31.4 Å². The summed E-state index contributed by atoms with van der Waals surface area (Å²) in [5.41, 5.74) is 1.07. The average molecular weight is 249 g/mol. The first-order chi connectivity index (χ1) is 8.70. The van der Waals surface area contributed by atoms with Gasteiger partial charge in [0.1, 0.15) is 6.10 Å². The Bertz CT molecular complexity index is 387. The molecular formula is C14H19NO3. The summed E-state index contributed by atoms with van der Waals surface area (Å²) in [6, 6.07) is 0. The number of esters is 1. The maximum absolute atomic E-state index is 11.5. The van der Waals surface area contributed by atoms with E-state index in [1.54, 1.807) is 6.20 Å². The third-order valence-corrected chi connectivity index (χ3v) is 3.40. The van der Waals surface area contributed by atoms with Gasteiger partial charge < -0.3 is 9.47 Å². The molecular weight excluding hydrogens is 230 g/mol. The lowest BCUT2D eigenvalue weighted by atomic mass is 9.86. The van der Waals surface area contributed by atoms with E-state index in [1.165, 1.54) is 6.08 Å². The van der Waals surface area contributed by atoms with Crippen molar-refractivity contribution >= 4 is 12.2 Å². The summed E-state index contributed by atoms with van der Waals surface area (Å²) in [7, 11) is 0. The monoisotopic (exact) mass is 249 g/mol. The van der Waals surface area contributed by atoms with Crippen molar-refractivity contribution in [1.82, 2.24) is 0 Å². The molecule has 2 rings (SSSR count). The third-order valence-electron chi connectivity index (χ3n) is 3.40. The Morgan fingerprint density at radius 1 is 1.72 bits per heavy atom. The fourth-order valence-corrected chi connectivity index (χ4v) is 2.50. The number of hydrogen-bond acceptors (Lipinski definition) is 4. The van der Waals surface area contributed by atoms with E-state index >= 15 is 0 Å². The summed E-state index contributed by atoms with van der Waals surface area (Å²) in [6.45, 7) is 6.23. The third kappa shape index (κ3) is 3.07. The van der Waals surface area contributed by atoms with Gasteiger partial charge in [0, 0.05) is 37.4 Å². The van der Waals surface area contributed by atoms with Crippen molar-refractivity contribution < 1.29 is 14.3 Å². The molecule has 4 nitrogen and oxygen atoms in total. The molecule has 1 saturated heterocycles. The molecule has 2 heterocycles. The van der Waals surface area contributed by atoms with Crippen LogP contribution >= 0.6 is 0 Å². The number of rotatable bonds is 4. The Kier molecular flexibility index (Phi) is 4.31. The van der Waals surface area contributed by atoms with Crippen LogP contribution in [0.15, 0.2) is 29.4 Å². The van der Waals surface area contributed by atoms with Crippen molar-refractivity contribution in [3.63, 3.8) is 0 Å². The van der Waals surface area contributed by atoms with Crippen LogP contribution in [0.2, 0.25) is 0 Å². The molecule has 0 amide bonds. The van der Waals surface area contributed by atoms with Gasteiger partial charge >= 0.3 is 5.97 Å². The van der Waals surface area contributed by atoms with Crippen LogP contribution < -0.4 is 0 Å². The van der Waals surface area contributed by atoms with Gasteiger partial charge in [0.15, 0.2) is 0 Å². The molecule has 0 N–H and O–H groups in total. The highest BCUT2D eigenvalue weighted by atomic mass is 16.5. The predicted molar refractivity (Wildman–Crippen MR) is 69.4 cm³/mol. The van der Waals surface area contributed by atoms with Gasteiger partial charge in [-0.15, -0.1) is 0 Å². The summed E-state index contributed by atoms with van der Waals surface area (Å²) in [5.74, 6) is -0.0578. The van der Waals surface area contributed by atoms with Crippen LogP contribution in [0.1, 0.15) is 26.2 Å². The smallest absolute Gasteiger partial charge is 0.330 e. The highest BCUT2D eigenvalue weighted by Gasteiger charge is 2.32. The van der Waals surface area contributed by atoms with Crippen molar-refractivity contribution in [1.29, 1.82) is 0 Å². The molecule has 4 heteroatoms. The van der Waals surface area contributed by atoms with Crippen molar-refractivity contribution in [2.45, 2.75) is 38.4 Å². The Hall–Kier alpha value is -1.42. The van der Waals surface area contributed by atoms with Crippen molar-refractivity contribution in [3.05, 3.63) is 24.4 Å². The van der Waals surface area contributed by atoms with Gasteiger partial charge in [0.2, 0.25) is 0 Å². The van der Waals surface area contributed by atoms with Gasteiger partial charge in [-0.05, 0) is 25.3 Å². The van der Waals surface area contributed by atoms with Crippen LogP contribution in [0.4, 0.5) is 0 Å². The topological polar surface area (TPSA) is 47.9 Å². The van der Waals surface area contributed by atoms with Crippen LogP contribution in [-0.2, 0) is 14.3 Å². The second-order valence-electron chi connectivity index (χ2n) is 4.77. The molecule has 0 spiro atoms. The number of ether oxygens (including phenoxy) is 2. The van der Waals surface area contributed by atoms with E-state index in [2.05, 4.69) is 18.5 Å². The van der Waals surface area contributed by atoms with E-state index in [4.69, 9.17) is 9.47 Å². The molecule has 2 aliphatic heterocycles. The minimum atomic E-state index is -0.369. The van der Waals surface area contributed by atoms with E-state index in [-0.39, 0.29) is 18.2 Å². The molecule has 98 valence electrons. The fraction of sp³-hybridized carbons (Fsp3) is 0.571. The second kappa shape index (κ2) is 5.96. The van der Waals surface area contributed by atoms with E-state index in [9.17, 15) is 4.79 Å². The molecule has 0 aromatic heterocycles. The lowest BCUT2D eigenvalue weighted by molar-refractivity contribution is -0.146. The van der Waals surface area contributed by atoms with Crippen molar-refractivity contribution in [2.24, 2.45) is 10.9 Å². The summed E-state index contributed by atoms with van der Waals surface area (Å²) in [6.07, 6.45) is 7.48. The molecule has 0 radical (unpaired) electrons. The second-order valence-corrected chi connectivity index (χ2v) is 4.77. The zero-order valence-corrected chi connectivity index (χ0v) is 10.7. The lowest BCUT2D eigenvalue weighted by Crippen LogP contribution is -2.35. The van der Waals surface area contributed by atoms with Gasteiger partial charge in [-0.2, -0.15) is 0 Å². The fourth-order valence-electron chi connectivity index (χ4n) is 2.50. The average Bonchev–Trinajstić information content (AvgIpc) is 2.89. The zero-order valence-electron chi connectivity index (χ0n) is 10.7. The quantitative estimate of drug-likeness (QED) is 0.567. The lowest BCUT2D eigenvalue weighted by Gasteiger charge is -2.33. The number of aliphatic imine (C=N–C) groups is 1. The Balaban J connectivity index is 2.08. The molecule has 0 saturated carbocycles. The highest BCUT2D eigenvalue weighted by Crippen LogP contribution is 2.31. The first-order valence-corrected chi connectivity index (χ1v) is 6.36. The molecule has 3 atom stereocenters. The molecule has 0 aromatic rings. The van der Waals surface area contributed by atoms with Gasteiger partial charge in [0.05, 0.1) is 6.10 Å². The Morgan fingerprint density at radius 3 is 3.17 bits per heavy atom. The molecule has 0 aromatic carbocycles. The predicted octanol–water partition coefficient (Wildman–Crippen LogP) is 2.26. The normalized spacial score (nSPS) is 28.6. The van der Waals surface area contributed by atoms with E-state index < -0.39 is 0 Å². The van der Waals surface area contributed by atoms with Crippen LogP contribution in [0.3, 0.4) is 0 Å². The van der Waals surface area contributed by atoms with Crippen LogP contribution in [-0.4, -0.2) is 31.0 Å². The first kappa shape index (κ1) is 13.0. The minimum absolute atomic E-state index is 0.190. The Morgan fingerprint density at radius 2 is 2.56 bits per heavy atom. The number of carbonyl (C=O) groups excluding carboxylic acids is 1. The summed E-state index contributed by atoms with van der Waals surface area (Å²) < 4.78 is 11.1. The minimum Gasteiger partial charge on any atom is -0.454 e. The largest absolute Gasteiger partial charge is 0.454 e. The van der Waals surface area contributed by atoms with Gasteiger partial charge in [0.25, 0.3) is 0 Å². The zero-order chi connectivity index (χ0) is 13.0. The van der Waals surface area contributed by atoms with Gasteiger partial charge in [-0.3, -0.25) is 4.99 Å². The highest BCUT2D eigenvalue weighted by molar-refractivity contribution is 5.81. The summed E-state index contributed by atoms with van der Waals surface area (Å²) in [5, 5.41) is 0. The number of nitrogens with zero attached hydrogens (tertiary/aromatic N) is 1. The molecule has 0 aliphatic carbocycles. The summed E-state index contributed by atoms with van der Waals surface area (Å²) in [4.78, 5) is 15.6. The standard InChI is InChI=1S/C14H19NO3/c1-3-13(16)18-14(12-4-6-15-9-12)11-5-7-17-10(2)8-11/h3,6,9-11,14H,1,4-5,7-8H2,2H3. The molecule has 1 fully saturated rings. The Labute approximate surface area is 107 Å².